The molecule has 1 aliphatic rings. The Kier molecular flexibility index (Phi) is 5.22. The first kappa shape index (κ1) is 12.6. The maximum absolute atomic E-state index is 4.98. The molecule has 0 saturated carbocycles. The molecule has 0 bridgehead atoms. The molecule has 0 aliphatic carbocycles. The van der Waals surface area contributed by atoms with Crippen molar-refractivity contribution >= 4 is 0 Å². The lowest BCUT2D eigenvalue weighted by Gasteiger charge is -2.00. The first-order valence-electron chi connectivity index (χ1n) is 6.30. The van der Waals surface area contributed by atoms with Crippen molar-refractivity contribution in [3.63, 3.8) is 0 Å². The Morgan fingerprint density at radius 2 is 1.22 bits per heavy atom. The number of hydrogen-bond acceptors (Lipinski definition) is 1. The van der Waals surface area contributed by atoms with Crippen LogP contribution in [0.1, 0.15) is 6.42 Å². The van der Waals surface area contributed by atoms with E-state index in [-0.39, 0.29) is 0 Å². The van der Waals surface area contributed by atoms with Gasteiger partial charge in [0.05, 0.1) is 13.2 Å². The molecule has 1 aliphatic heterocycles. The Hall–Kier alpha value is -1.86. The van der Waals surface area contributed by atoms with Crippen LogP contribution in [-0.4, -0.2) is 13.2 Å². The highest BCUT2D eigenvalue weighted by atomic mass is 16.5. The summed E-state index contributed by atoms with van der Waals surface area (Å²) >= 11 is 0. The van der Waals surface area contributed by atoms with E-state index in [0.717, 1.165) is 19.6 Å². The second-order valence-electron chi connectivity index (χ2n) is 4.07. The zero-order valence-electron chi connectivity index (χ0n) is 10.5. The molecule has 0 unspecified atom stereocenters. The third kappa shape index (κ3) is 4.19. The molecule has 0 atom stereocenters. The number of benzene rings is 2. The Balaban J connectivity index is 0.000000169. The minimum atomic E-state index is 0.819. The van der Waals surface area contributed by atoms with Crippen LogP contribution in [0.3, 0.4) is 0 Å². The van der Waals surface area contributed by atoms with Gasteiger partial charge in [0.25, 0.3) is 0 Å². The molecule has 92 valence electrons. The molecule has 1 heterocycles. The van der Waals surface area contributed by atoms with Gasteiger partial charge in [-0.25, -0.2) is 0 Å². The molecule has 0 fully saturated rings. The minimum absolute atomic E-state index is 0.819. The van der Waals surface area contributed by atoms with E-state index in [0.29, 0.717) is 0 Å². The fourth-order valence-electron chi connectivity index (χ4n) is 1.75. The van der Waals surface area contributed by atoms with Crippen molar-refractivity contribution in [3.8, 4) is 11.1 Å². The van der Waals surface area contributed by atoms with Gasteiger partial charge in [-0.2, -0.15) is 0 Å². The SMILES string of the molecule is C1=CCOCC1.c1ccc(-c2ccccc2)cc1. The Bertz CT molecular complexity index is 414. The first-order chi connectivity index (χ1) is 8.97. The Labute approximate surface area is 109 Å². The van der Waals surface area contributed by atoms with Crippen molar-refractivity contribution in [2.75, 3.05) is 13.2 Å². The number of rotatable bonds is 1. The fourth-order valence-corrected chi connectivity index (χ4v) is 1.75. The quantitative estimate of drug-likeness (QED) is 0.672. The van der Waals surface area contributed by atoms with E-state index in [9.17, 15) is 0 Å². The molecule has 0 spiro atoms. The van der Waals surface area contributed by atoms with Crippen LogP contribution in [-0.2, 0) is 4.74 Å². The lowest BCUT2D eigenvalue weighted by Crippen LogP contribution is -1.96. The average Bonchev–Trinajstić information content (AvgIpc) is 2.51. The van der Waals surface area contributed by atoms with E-state index in [4.69, 9.17) is 4.74 Å². The van der Waals surface area contributed by atoms with Gasteiger partial charge >= 0.3 is 0 Å². The molecule has 18 heavy (non-hydrogen) atoms. The number of hydrogen-bond donors (Lipinski definition) is 0. The summed E-state index contributed by atoms with van der Waals surface area (Å²) in [6, 6.07) is 20.8. The zero-order valence-corrected chi connectivity index (χ0v) is 10.5. The smallest absolute Gasteiger partial charge is 0.0647 e. The third-order valence-electron chi connectivity index (χ3n) is 2.69. The topological polar surface area (TPSA) is 9.23 Å². The molecule has 3 rings (SSSR count). The summed E-state index contributed by atoms with van der Waals surface area (Å²) in [7, 11) is 0. The second kappa shape index (κ2) is 7.46. The Morgan fingerprint density at radius 3 is 1.50 bits per heavy atom. The maximum Gasteiger partial charge on any atom is 0.0647 e. The first-order valence-corrected chi connectivity index (χ1v) is 6.30. The van der Waals surface area contributed by atoms with Crippen molar-refractivity contribution in [1.29, 1.82) is 0 Å². The van der Waals surface area contributed by atoms with Gasteiger partial charge < -0.3 is 4.74 Å². The lowest BCUT2D eigenvalue weighted by molar-refractivity contribution is 0.158. The van der Waals surface area contributed by atoms with Crippen LogP contribution in [0.5, 0.6) is 0 Å². The van der Waals surface area contributed by atoms with Gasteiger partial charge in [0.15, 0.2) is 0 Å². The van der Waals surface area contributed by atoms with E-state index in [1.807, 2.05) is 18.2 Å². The highest BCUT2D eigenvalue weighted by Crippen LogP contribution is 2.17. The highest BCUT2D eigenvalue weighted by Gasteiger charge is 1.91. The van der Waals surface area contributed by atoms with E-state index in [2.05, 4.69) is 54.6 Å². The van der Waals surface area contributed by atoms with E-state index >= 15 is 0 Å². The summed E-state index contributed by atoms with van der Waals surface area (Å²) in [6.45, 7) is 1.73. The Morgan fingerprint density at radius 1 is 0.667 bits per heavy atom. The van der Waals surface area contributed by atoms with Crippen LogP contribution in [0.4, 0.5) is 0 Å². The summed E-state index contributed by atoms with van der Waals surface area (Å²) in [5.74, 6) is 0. The molecule has 0 saturated heterocycles. The fraction of sp³-hybridized carbons (Fsp3) is 0.176. The monoisotopic (exact) mass is 238 g/mol. The largest absolute Gasteiger partial charge is 0.377 e. The minimum Gasteiger partial charge on any atom is -0.377 e. The van der Waals surface area contributed by atoms with Crippen LogP contribution in [0.25, 0.3) is 11.1 Å². The molecule has 0 radical (unpaired) electrons. The summed E-state index contributed by atoms with van der Waals surface area (Å²) in [6.07, 6.45) is 5.28. The van der Waals surface area contributed by atoms with Gasteiger partial charge in [-0.3, -0.25) is 0 Å². The molecular formula is C17H18O. The summed E-state index contributed by atoms with van der Waals surface area (Å²) < 4.78 is 4.98. The van der Waals surface area contributed by atoms with Crippen molar-refractivity contribution in [2.45, 2.75) is 6.42 Å². The second-order valence-corrected chi connectivity index (χ2v) is 4.07. The molecule has 0 amide bonds. The van der Waals surface area contributed by atoms with Crippen LogP contribution < -0.4 is 0 Å². The molecule has 1 heteroatoms. The summed E-state index contributed by atoms with van der Waals surface area (Å²) in [4.78, 5) is 0. The van der Waals surface area contributed by atoms with E-state index in [1.54, 1.807) is 0 Å². The van der Waals surface area contributed by atoms with Crippen LogP contribution in [0.15, 0.2) is 72.8 Å². The summed E-state index contributed by atoms with van der Waals surface area (Å²) in [5.41, 5.74) is 2.55. The molecule has 1 nitrogen and oxygen atoms in total. The van der Waals surface area contributed by atoms with Crippen LogP contribution in [0, 0.1) is 0 Å². The maximum atomic E-state index is 4.98. The molecule has 0 N–H and O–H groups in total. The van der Waals surface area contributed by atoms with Gasteiger partial charge in [-0.15, -0.1) is 0 Å². The van der Waals surface area contributed by atoms with Gasteiger partial charge in [-0.05, 0) is 17.5 Å². The standard InChI is InChI=1S/C12H10.C5H8O/c1-3-7-11(8-4-1)12-9-5-2-6-10-12;1-2-4-6-5-3-1/h1-10H;1-2H,3-5H2. The van der Waals surface area contributed by atoms with Gasteiger partial charge in [0.2, 0.25) is 0 Å². The molecule has 0 aromatic heterocycles. The molecule has 2 aromatic carbocycles. The normalized spacial score (nSPS) is 13.6. The predicted molar refractivity (Wildman–Crippen MR) is 76.5 cm³/mol. The van der Waals surface area contributed by atoms with Crippen molar-refractivity contribution in [2.24, 2.45) is 0 Å². The van der Waals surface area contributed by atoms with E-state index < -0.39 is 0 Å². The zero-order chi connectivity index (χ0) is 12.5. The van der Waals surface area contributed by atoms with Crippen molar-refractivity contribution < 1.29 is 4.74 Å². The van der Waals surface area contributed by atoms with Gasteiger partial charge in [-0.1, -0.05) is 72.8 Å². The molecular weight excluding hydrogens is 220 g/mol. The van der Waals surface area contributed by atoms with Crippen LogP contribution in [0.2, 0.25) is 0 Å². The summed E-state index contributed by atoms with van der Waals surface area (Å²) in [5, 5.41) is 0. The van der Waals surface area contributed by atoms with E-state index in [1.165, 1.54) is 11.1 Å². The van der Waals surface area contributed by atoms with Crippen LogP contribution >= 0.6 is 0 Å². The van der Waals surface area contributed by atoms with Crippen molar-refractivity contribution in [3.05, 3.63) is 72.8 Å². The predicted octanol–water partition coefficient (Wildman–Crippen LogP) is 4.32. The third-order valence-corrected chi connectivity index (χ3v) is 2.69. The average molecular weight is 238 g/mol. The lowest BCUT2D eigenvalue weighted by atomic mass is 10.1. The number of ether oxygens (including phenoxy) is 1. The van der Waals surface area contributed by atoms with Gasteiger partial charge in [0, 0.05) is 0 Å². The van der Waals surface area contributed by atoms with Gasteiger partial charge in [0.1, 0.15) is 0 Å². The molecule has 2 aromatic rings. The highest BCUT2D eigenvalue weighted by molar-refractivity contribution is 5.62. The van der Waals surface area contributed by atoms with Crippen molar-refractivity contribution in [1.82, 2.24) is 0 Å².